The van der Waals surface area contributed by atoms with E-state index >= 15 is 0 Å². The minimum atomic E-state index is -0.515. The van der Waals surface area contributed by atoms with Gasteiger partial charge in [0.2, 0.25) is 0 Å². The molecule has 26 heavy (non-hydrogen) atoms. The predicted octanol–water partition coefficient (Wildman–Crippen LogP) is 4.34. The van der Waals surface area contributed by atoms with Crippen molar-refractivity contribution in [1.29, 1.82) is 0 Å². The molecule has 0 fully saturated rings. The van der Waals surface area contributed by atoms with Crippen molar-refractivity contribution in [3.05, 3.63) is 68.2 Å². The van der Waals surface area contributed by atoms with E-state index in [-0.39, 0.29) is 5.56 Å². The molecule has 0 bridgehead atoms. The number of hydrogen-bond donors (Lipinski definition) is 1. The highest BCUT2D eigenvalue weighted by Gasteiger charge is 2.23. The van der Waals surface area contributed by atoms with Crippen molar-refractivity contribution in [1.82, 2.24) is 4.57 Å². The van der Waals surface area contributed by atoms with E-state index in [9.17, 15) is 9.59 Å². The molecular weight excluding hydrogens is 416 g/mol. The van der Waals surface area contributed by atoms with E-state index in [2.05, 4.69) is 15.9 Å². The van der Waals surface area contributed by atoms with Gasteiger partial charge in [0.05, 0.1) is 18.5 Å². The van der Waals surface area contributed by atoms with Gasteiger partial charge in [0.25, 0.3) is 5.56 Å². The molecular formula is C19H13BrN2O3S. The number of fused-ring (bicyclic) bond motifs is 3. The van der Waals surface area contributed by atoms with Gasteiger partial charge in [-0.3, -0.25) is 9.36 Å². The van der Waals surface area contributed by atoms with E-state index in [0.29, 0.717) is 31.9 Å². The summed E-state index contributed by atoms with van der Waals surface area (Å²) in [6.07, 6.45) is 0. The lowest BCUT2D eigenvalue weighted by Crippen LogP contribution is -2.18. The van der Waals surface area contributed by atoms with Crippen LogP contribution in [-0.2, 0) is 4.74 Å². The normalized spacial score (nSPS) is 11.2. The number of anilines is 1. The number of carbonyl (C=O) groups is 1. The Bertz CT molecular complexity index is 1240. The van der Waals surface area contributed by atoms with Crippen molar-refractivity contribution in [2.24, 2.45) is 0 Å². The Hall–Kier alpha value is -2.64. The average molecular weight is 429 g/mol. The van der Waals surface area contributed by atoms with Crippen LogP contribution < -0.4 is 11.3 Å². The number of halogens is 1. The van der Waals surface area contributed by atoms with Crippen molar-refractivity contribution in [3.63, 3.8) is 0 Å². The Morgan fingerprint density at radius 3 is 2.46 bits per heavy atom. The van der Waals surface area contributed by atoms with Crippen LogP contribution in [0.25, 0.3) is 26.7 Å². The number of nitrogens with zero attached hydrogens (tertiary/aromatic N) is 1. The van der Waals surface area contributed by atoms with E-state index in [0.717, 1.165) is 21.2 Å². The molecule has 2 N–H and O–H groups in total. The number of rotatable bonds is 2. The van der Waals surface area contributed by atoms with Crippen LogP contribution in [0.3, 0.4) is 0 Å². The zero-order chi connectivity index (χ0) is 18.4. The second-order valence-corrected chi connectivity index (χ2v) is 7.51. The van der Waals surface area contributed by atoms with Gasteiger partial charge in [0.1, 0.15) is 9.71 Å². The summed E-state index contributed by atoms with van der Waals surface area (Å²) < 4.78 is 7.21. The first-order valence-electron chi connectivity index (χ1n) is 7.73. The fourth-order valence-electron chi connectivity index (χ4n) is 3.05. The third-order valence-electron chi connectivity index (χ3n) is 4.22. The molecule has 0 saturated heterocycles. The Kier molecular flexibility index (Phi) is 4.05. The number of thiophene rings is 1. The minimum Gasteiger partial charge on any atom is -0.465 e. The summed E-state index contributed by atoms with van der Waals surface area (Å²) >= 11 is 4.67. The maximum atomic E-state index is 13.2. The molecule has 0 aliphatic carbocycles. The summed E-state index contributed by atoms with van der Waals surface area (Å²) in [5, 5.41) is 1.94. The first-order chi connectivity index (χ1) is 12.5. The van der Waals surface area contributed by atoms with Crippen LogP contribution >= 0.6 is 27.3 Å². The molecule has 2 aromatic carbocycles. The molecule has 0 amide bonds. The standard InChI is InChI=1S/C19H13BrN2O3S/c1-25-19(24)16-15(21)14-10-6-2-3-7-11(10)17(23)22(18(14)26-16)13-9-5-4-8-12(13)20/h2-9H,21H2,1H3. The van der Waals surface area contributed by atoms with Crippen LogP contribution in [0.1, 0.15) is 9.67 Å². The number of hydrogen-bond acceptors (Lipinski definition) is 5. The number of nitrogens with two attached hydrogens (primary N) is 1. The fraction of sp³-hybridized carbons (Fsp3) is 0.0526. The lowest BCUT2D eigenvalue weighted by molar-refractivity contribution is 0.0607. The molecule has 0 spiro atoms. The van der Waals surface area contributed by atoms with Gasteiger partial charge >= 0.3 is 5.97 Å². The second kappa shape index (κ2) is 6.26. The molecule has 130 valence electrons. The van der Waals surface area contributed by atoms with Crippen molar-refractivity contribution >= 4 is 59.9 Å². The predicted molar refractivity (Wildman–Crippen MR) is 108 cm³/mol. The summed E-state index contributed by atoms with van der Waals surface area (Å²) in [6, 6.07) is 14.7. The third-order valence-corrected chi connectivity index (χ3v) is 6.07. The number of aromatic nitrogens is 1. The fourth-order valence-corrected chi connectivity index (χ4v) is 4.67. The number of ether oxygens (including phenoxy) is 1. The number of benzene rings is 2. The second-order valence-electron chi connectivity index (χ2n) is 5.65. The molecule has 7 heteroatoms. The quantitative estimate of drug-likeness (QED) is 0.482. The maximum absolute atomic E-state index is 13.2. The number of esters is 1. The molecule has 0 unspecified atom stereocenters. The summed E-state index contributed by atoms with van der Waals surface area (Å²) in [6.45, 7) is 0. The van der Waals surface area contributed by atoms with E-state index in [1.54, 1.807) is 10.6 Å². The molecule has 4 aromatic rings. The third kappa shape index (κ3) is 2.35. The summed E-state index contributed by atoms with van der Waals surface area (Å²) in [4.78, 5) is 26.3. The van der Waals surface area contributed by atoms with Gasteiger partial charge < -0.3 is 10.5 Å². The zero-order valence-corrected chi connectivity index (χ0v) is 16.1. The van der Waals surface area contributed by atoms with E-state index < -0.39 is 5.97 Å². The molecule has 0 aliphatic rings. The number of methoxy groups -OCH3 is 1. The Morgan fingerprint density at radius 2 is 1.77 bits per heavy atom. The summed E-state index contributed by atoms with van der Waals surface area (Å²) in [5.41, 5.74) is 7.14. The lowest BCUT2D eigenvalue weighted by atomic mass is 10.1. The number of para-hydroxylation sites is 1. The van der Waals surface area contributed by atoms with Crippen LogP contribution in [0.2, 0.25) is 0 Å². The van der Waals surface area contributed by atoms with Gasteiger partial charge in [-0.05, 0) is 39.5 Å². The molecule has 0 aliphatic heterocycles. The van der Waals surface area contributed by atoms with Crippen LogP contribution in [-0.4, -0.2) is 17.6 Å². The highest BCUT2D eigenvalue weighted by Crippen LogP contribution is 2.39. The van der Waals surface area contributed by atoms with Crippen molar-refractivity contribution in [2.75, 3.05) is 12.8 Å². The van der Waals surface area contributed by atoms with Gasteiger partial charge in [-0.15, -0.1) is 11.3 Å². The smallest absolute Gasteiger partial charge is 0.350 e. The lowest BCUT2D eigenvalue weighted by Gasteiger charge is -2.12. The van der Waals surface area contributed by atoms with Crippen molar-refractivity contribution < 1.29 is 9.53 Å². The molecule has 0 atom stereocenters. The van der Waals surface area contributed by atoms with E-state index in [4.69, 9.17) is 10.5 Å². The van der Waals surface area contributed by atoms with E-state index in [1.165, 1.54) is 7.11 Å². The topological polar surface area (TPSA) is 74.3 Å². The first kappa shape index (κ1) is 16.8. The SMILES string of the molecule is COC(=O)c1sc2c(c1N)c1ccccc1c(=O)n2-c1ccccc1Br. The minimum absolute atomic E-state index is 0.169. The monoisotopic (exact) mass is 428 g/mol. The van der Waals surface area contributed by atoms with Gasteiger partial charge in [-0.25, -0.2) is 4.79 Å². The summed E-state index contributed by atoms with van der Waals surface area (Å²) in [7, 11) is 1.31. The highest BCUT2D eigenvalue weighted by atomic mass is 79.9. The molecule has 0 saturated carbocycles. The van der Waals surface area contributed by atoms with Crippen molar-refractivity contribution in [2.45, 2.75) is 0 Å². The molecule has 0 radical (unpaired) electrons. The molecule has 2 aromatic heterocycles. The average Bonchev–Trinajstić information content (AvgIpc) is 3.00. The van der Waals surface area contributed by atoms with E-state index in [1.807, 2.05) is 42.5 Å². The molecule has 5 nitrogen and oxygen atoms in total. The van der Waals surface area contributed by atoms with Gasteiger partial charge in [0.15, 0.2) is 0 Å². The Morgan fingerprint density at radius 1 is 1.12 bits per heavy atom. The largest absolute Gasteiger partial charge is 0.465 e. The Labute approximate surface area is 160 Å². The van der Waals surface area contributed by atoms with Gasteiger partial charge in [-0.1, -0.05) is 30.3 Å². The van der Waals surface area contributed by atoms with Crippen molar-refractivity contribution in [3.8, 4) is 5.69 Å². The van der Waals surface area contributed by atoms with Crippen LogP contribution in [0, 0.1) is 0 Å². The highest BCUT2D eigenvalue weighted by molar-refractivity contribution is 9.10. The number of nitrogen functional groups attached to an aromatic ring is 1. The molecule has 4 rings (SSSR count). The Balaban J connectivity index is 2.27. The zero-order valence-electron chi connectivity index (χ0n) is 13.7. The first-order valence-corrected chi connectivity index (χ1v) is 9.34. The number of pyridine rings is 1. The maximum Gasteiger partial charge on any atom is 0.350 e. The van der Waals surface area contributed by atoms with Gasteiger partial charge in [-0.2, -0.15) is 0 Å². The molecule has 2 heterocycles. The summed E-state index contributed by atoms with van der Waals surface area (Å²) in [5.74, 6) is -0.515. The van der Waals surface area contributed by atoms with Gasteiger partial charge in [0, 0.05) is 15.2 Å². The van der Waals surface area contributed by atoms with Crippen LogP contribution in [0.5, 0.6) is 0 Å². The van der Waals surface area contributed by atoms with Crippen LogP contribution in [0.4, 0.5) is 5.69 Å². The number of carbonyl (C=O) groups excluding carboxylic acids is 1. The van der Waals surface area contributed by atoms with Crippen LogP contribution in [0.15, 0.2) is 57.8 Å².